The van der Waals surface area contributed by atoms with E-state index in [0.717, 1.165) is 12.5 Å². The minimum Gasteiger partial charge on any atom is -0.198 e. The van der Waals surface area contributed by atoms with E-state index in [1.165, 1.54) is 12.5 Å². The molecular weight excluding hydrogens is 162 g/mol. The molecule has 0 heterocycles. The molecule has 0 aromatic heterocycles. The molecule has 0 aliphatic heterocycles. The summed E-state index contributed by atoms with van der Waals surface area (Å²) < 4.78 is 0. The van der Waals surface area contributed by atoms with Crippen molar-refractivity contribution in [2.45, 2.75) is 24.9 Å². The Hall–Kier alpha value is -0.813. The van der Waals surface area contributed by atoms with Gasteiger partial charge in [-0.15, -0.1) is 13.2 Å². The van der Waals surface area contributed by atoms with Crippen LogP contribution in [-0.2, 0) is 0 Å². The number of hydrogen-bond acceptors (Lipinski definition) is 1. The average molecular weight is 179 g/mol. The first-order valence-corrected chi connectivity index (χ1v) is 6.47. The highest BCUT2D eigenvalue weighted by Crippen LogP contribution is 2.09. The van der Waals surface area contributed by atoms with Crippen LogP contribution in [0.25, 0.3) is 0 Å². The highest BCUT2D eigenvalue weighted by molar-refractivity contribution is 6.35. The second kappa shape index (κ2) is 8.29. The average Bonchev–Trinajstić information content (AvgIpc) is 2.11. The monoisotopic (exact) mass is 179 g/mol. The first-order valence-electron chi connectivity index (χ1n) is 4.47. The fraction of sp³-hybridized carbons (Fsp3) is 0.500. The van der Waals surface area contributed by atoms with Crippen LogP contribution < -0.4 is 0 Å². The van der Waals surface area contributed by atoms with Gasteiger partial charge < -0.3 is 0 Å². The van der Waals surface area contributed by atoms with Gasteiger partial charge in [0.05, 0.1) is 6.07 Å². The number of nitrogens with zero attached hydrogens (tertiary/aromatic N) is 1. The fourth-order valence-electron chi connectivity index (χ4n) is 1.09. The number of rotatable bonds is 7. The van der Waals surface area contributed by atoms with Crippen molar-refractivity contribution in [3.8, 4) is 6.07 Å². The molecule has 0 N–H and O–H groups in total. The van der Waals surface area contributed by atoms with Gasteiger partial charge in [0.15, 0.2) is 0 Å². The summed E-state index contributed by atoms with van der Waals surface area (Å²) in [6, 6.07) is 4.65. The molecule has 0 spiro atoms. The smallest absolute Gasteiger partial charge is 0.0618 e. The molecule has 0 rings (SSSR count). The van der Waals surface area contributed by atoms with Gasteiger partial charge in [0.2, 0.25) is 0 Å². The summed E-state index contributed by atoms with van der Waals surface area (Å²) in [5.41, 5.74) is 0. The van der Waals surface area contributed by atoms with Crippen LogP contribution in [0.15, 0.2) is 25.3 Å². The molecule has 0 aromatic rings. The van der Waals surface area contributed by atoms with Crippen LogP contribution in [0.2, 0.25) is 12.1 Å². The highest BCUT2D eigenvalue weighted by Gasteiger charge is 1.97. The maximum absolute atomic E-state index is 8.31. The zero-order chi connectivity index (χ0) is 9.23. The number of hydrogen-bond donors (Lipinski definition) is 0. The lowest BCUT2D eigenvalue weighted by molar-refractivity contribution is 0.772. The van der Waals surface area contributed by atoms with Crippen molar-refractivity contribution in [1.82, 2.24) is 0 Å². The molecule has 0 aliphatic carbocycles. The standard InChI is InChI=1S/C10H17NSi/c1-3-10(4-2)6-9-12-8-5-7-11/h3-4,10H,1-2,5-6,8-9,12H2. The predicted octanol–water partition coefficient (Wildman–Crippen LogP) is 2.28. The van der Waals surface area contributed by atoms with E-state index in [9.17, 15) is 0 Å². The lowest BCUT2D eigenvalue weighted by Crippen LogP contribution is -1.95. The molecule has 0 atom stereocenters. The van der Waals surface area contributed by atoms with Crippen LogP contribution in [-0.4, -0.2) is 9.52 Å². The van der Waals surface area contributed by atoms with Crippen molar-refractivity contribution in [2.75, 3.05) is 0 Å². The minimum atomic E-state index is 0.0208. The van der Waals surface area contributed by atoms with Crippen molar-refractivity contribution in [2.24, 2.45) is 5.92 Å². The summed E-state index contributed by atoms with van der Waals surface area (Å²) in [7, 11) is 0.0208. The molecule has 12 heavy (non-hydrogen) atoms. The third kappa shape index (κ3) is 5.93. The topological polar surface area (TPSA) is 23.8 Å². The van der Waals surface area contributed by atoms with Crippen molar-refractivity contribution in [3.63, 3.8) is 0 Å². The van der Waals surface area contributed by atoms with Crippen molar-refractivity contribution in [1.29, 1.82) is 5.26 Å². The predicted molar refractivity (Wildman–Crippen MR) is 56.9 cm³/mol. The van der Waals surface area contributed by atoms with Crippen molar-refractivity contribution >= 4 is 9.52 Å². The summed E-state index contributed by atoms with van der Waals surface area (Å²) in [6.45, 7) is 7.48. The van der Waals surface area contributed by atoms with E-state index >= 15 is 0 Å². The lowest BCUT2D eigenvalue weighted by atomic mass is 10.1. The number of nitriles is 1. The van der Waals surface area contributed by atoms with Crippen LogP contribution in [0.5, 0.6) is 0 Å². The molecule has 0 unspecified atom stereocenters. The molecule has 0 aliphatic rings. The summed E-state index contributed by atoms with van der Waals surface area (Å²) >= 11 is 0. The third-order valence-electron chi connectivity index (χ3n) is 1.93. The fourth-order valence-corrected chi connectivity index (χ4v) is 2.61. The second-order valence-electron chi connectivity index (χ2n) is 2.89. The van der Waals surface area contributed by atoms with Gasteiger partial charge in [-0.3, -0.25) is 0 Å². The summed E-state index contributed by atoms with van der Waals surface area (Å²) in [5.74, 6) is 0.486. The maximum Gasteiger partial charge on any atom is 0.0618 e. The molecule has 0 aromatic carbocycles. The summed E-state index contributed by atoms with van der Waals surface area (Å²) in [4.78, 5) is 0. The van der Waals surface area contributed by atoms with E-state index < -0.39 is 0 Å². The zero-order valence-electron chi connectivity index (χ0n) is 7.63. The first kappa shape index (κ1) is 11.2. The van der Waals surface area contributed by atoms with Gasteiger partial charge in [-0.2, -0.15) is 5.26 Å². The molecular formula is C10H17NSi. The molecule has 0 radical (unpaired) electrons. The Balaban J connectivity index is 3.24. The molecule has 1 nitrogen and oxygen atoms in total. The Bertz CT molecular complexity index is 161. The molecule has 0 fully saturated rings. The van der Waals surface area contributed by atoms with Gasteiger partial charge in [-0.05, 0) is 18.4 Å². The normalized spacial score (nSPS) is 10.3. The van der Waals surface area contributed by atoms with Crippen LogP contribution >= 0.6 is 0 Å². The first-order chi connectivity index (χ1) is 5.85. The third-order valence-corrected chi connectivity index (χ3v) is 3.69. The summed E-state index contributed by atoms with van der Waals surface area (Å²) in [6.07, 6.45) is 5.83. The van der Waals surface area contributed by atoms with Gasteiger partial charge in [0, 0.05) is 15.9 Å². The molecule has 2 heteroatoms. The summed E-state index contributed by atoms with van der Waals surface area (Å²) in [5, 5.41) is 8.31. The van der Waals surface area contributed by atoms with Crippen molar-refractivity contribution < 1.29 is 0 Å². The van der Waals surface area contributed by atoms with E-state index in [-0.39, 0.29) is 9.52 Å². The van der Waals surface area contributed by atoms with Crippen molar-refractivity contribution in [3.05, 3.63) is 25.3 Å². The molecule has 0 amide bonds. The molecule has 66 valence electrons. The zero-order valence-corrected chi connectivity index (χ0v) is 9.04. The Morgan fingerprint density at radius 2 is 2.00 bits per heavy atom. The Morgan fingerprint density at radius 3 is 2.50 bits per heavy atom. The second-order valence-corrected chi connectivity index (χ2v) is 5.01. The maximum atomic E-state index is 8.31. The molecule has 0 saturated heterocycles. The number of allylic oxidation sites excluding steroid dienone is 2. The van der Waals surface area contributed by atoms with E-state index in [1.807, 2.05) is 12.2 Å². The van der Waals surface area contributed by atoms with E-state index in [1.54, 1.807) is 0 Å². The van der Waals surface area contributed by atoms with E-state index in [4.69, 9.17) is 5.26 Å². The molecule has 0 saturated carbocycles. The van der Waals surface area contributed by atoms with Gasteiger partial charge >= 0.3 is 0 Å². The van der Waals surface area contributed by atoms with Crippen LogP contribution in [0.4, 0.5) is 0 Å². The van der Waals surface area contributed by atoms with Gasteiger partial charge in [0.1, 0.15) is 0 Å². The Labute approximate surface area is 77.6 Å². The van der Waals surface area contributed by atoms with Gasteiger partial charge in [0.25, 0.3) is 0 Å². The van der Waals surface area contributed by atoms with Gasteiger partial charge in [-0.25, -0.2) is 0 Å². The van der Waals surface area contributed by atoms with Crippen LogP contribution in [0, 0.1) is 17.2 Å². The van der Waals surface area contributed by atoms with E-state index in [0.29, 0.717) is 5.92 Å². The minimum absolute atomic E-state index is 0.0208. The van der Waals surface area contributed by atoms with E-state index in [2.05, 4.69) is 19.2 Å². The Kier molecular flexibility index (Phi) is 7.72. The SMILES string of the molecule is C=CC(C=C)CC[SiH2]CCC#N. The molecule has 0 bridgehead atoms. The lowest BCUT2D eigenvalue weighted by Gasteiger charge is -2.04. The highest BCUT2D eigenvalue weighted by atomic mass is 28.2. The van der Waals surface area contributed by atoms with Crippen LogP contribution in [0.3, 0.4) is 0 Å². The quantitative estimate of drug-likeness (QED) is 0.334. The largest absolute Gasteiger partial charge is 0.198 e. The van der Waals surface area contributed by atoms with Gasteiger partial charge in [-0.1, -0.05) is 18.2 Å². The Morgan fingerprint density at radius 1 is 1.33 bits per heavy atom. The van der Waals surface area contributed by atoms with Crippen LogP contribution in [0.1, 0.15) is 12.8 Å².